The standard InChI is InChI=1S/C13H18N2O/c1-3-14(2)10-13(16)15-9-8-11-6-4-5-7-12(11)15/h4-7H,3,8-10H2,1-2H3. The Morgan fingerprint density at radius 1 is 1.44 bits per heavy atom. The van der Waals surface area contributed by atoms with E-state index in [2.05, 4.69) is 13.0 Å². The minimum absolute atomic E-state index is 0.203. The van der Waals surface area contributed by atoms with Crippen LogP contribution in [0, 0.1) is 0 Å². The molecule has 86 valence electrons. The average molecular weight is 218 g/mol. The Labute approximate surface area is 96.7 Å². The van der Waals surface area contributed by atoms with Gasteiger partial charge in [-0.2, -0.15) is 0 Å². The first-order chi connectivity index (χ1) is 7.72. The molecule has 1 heterocycles. The summed E-state index contributed by atoms with van der Waals surface area (Å²) in [6.45, 7) is 4.30. The van der Waals surface area contributed by atoms with Crippen LogP contribution in [0.1, 0.15) is 12.5 Å². The second kappa shape index (κ2) is 4.66. The Bertz CT molecular complexity index is 389. The summed E-state index contributed by atoms with van der Waals surface area (Å²) < 4.78 is 0. The lowest BCUT2D eigenvalue weighted by molar-refractivity contribution is -0.119. The number of hydrogen-bond acceptors (Lipinski definition) is 2. The molecule has 1 amide bonds. The third kappa shape index (κ3) is 2.09. The summed E-state index contributed by atoms with van der Waals surface area (Å²) in [5, 5.41) is 0. The van der Waals surface area contributed by atoms with Crippen LogP contribution in [0.2, 0.25) is 0 Å². The van der Waals surface area contributed by atoms with Crippen molar-refractivity contribution >= 4 is 11.6 Å². The summed E-state index contributed by atoms with van der Waals surface area (Å²) in [6, 6.07) is 8.16. The van der Waals surface area contributed by atoms with Crippen LogP contribution in [0.4, 0.5) is 5.69 Å². The minimum atomic E-state index is 0.203. The molecule has 0 fully saturated rings. The number of carbonyl (C=O) groups excluding carboxylic acids is 1. The van der Waals surface area contributed by atoms with E-state index in [1.165, 1.54) is 5.56 Å². The number of fused-ring (bicyclic) bond motifs is 1. The summed E-state index contributed by atoms with van der Waals surface area (Å²) in [7, 11) is 1.97. The van der Waals surface area contributed by atoms with E-state index in [1.54, 1.807) is 0 Å². The maximum Gasteiger partial charge on any atom is 0.241 e. The molecular formula is C13H18N2O. The fourth-order valence-electron chi connectivity index (χ4n) is 2.03. The molecule has 0 bridgehead atoms. The maximum atomic E-state index is 12.1. The topological polar surface area (TPSA) is 23.6 Å². The number of likely N-dealkylation sites (N-methyl/N-ethyl adjacent to an activating group) is 1. The molecule has 3 nitrogen and oxygen atoms in total. The number of para-hydroxylation sites is 1. The van der Waals surface area contributed by atoms with E-state index in [4.69, 9.17) is 0 Å². The second-order valence-corrected chi connectivity index (χ2v) is 4.25. The lowest BCUT2D eigenvalue weighted by Crippen LogP contribution is -2.37. The molecule has 3 heteroatoms. The predicted octanol–water partition coefficient (Wildman–Crippen LogP) is 1.53. The van der Waals surface area contributed by atoms with Crippen molar-refractivity contribution in [2.24, 2.45) is 0 Å². The van der Waals surface area contributed by atoms with E-state index in [0.29, 0.717) is 6.54 Å². The molecule has 0 saturated carbocycles. The number of nitrogens with zero attached hydrogens (tertiary/aromatic N) is 2. The van der Waals surface area contributed by atoms with Gasteiger partial charge in [0.05, 0.1) is 6.54 Å². The van der Waals surface area contributed by atoms with Crippen LogP contribution < -0.4 is 4.90 Å². The Hall–Kier alpha value is -1.35. The van der Waals surface area contributed by atoms with Crippen LogP contribution in [0.15, 0.2) is 24.3 Å². The first-order valence-electron chi connectivity index (χ1n) is 5.79. The van der Waals surface area contributed by atoms with Crippen molar-refractivity contribution in [1.29, 1.82) is 0 Å². The number of amides is 1. The van der Waals surface area contributed by atoms with Gasteiger partial charge >= 0.3 is 0 Å². The number of anilines is 1. The molecule has 0 N–H and O–H groups in total. The van der Waals surface area contributed by atoms with Crippen LogP contribution in [-0.2, 0) is 11.2 Å². The number of rotatable bonds is 3. The molecule has 1 aliphatic heterocycles. The molecule has 0 spiro atoms. The van der Waals surface area contributed by atoms with Gasteiger partial charge in [0.2, 0.25) is 5.91 Å². The molecule has 0 aromatic heterocycles. The first kappa shape index (κ1) is 11.1. The van der Waals surface area contributed by atoms with Gasteiger partial charge in [-0.05, 0) is 31.6 Å². The molecular weight excluding hydrogens is 200 g/mol. The highest BCUT2D eigenvalue weighted by molar-refractivity contribution is 5.96. The quantitative estimate of drug-likeness (QED) is 0.768. The average Bonchev–Trinajstić information content (AvgIpc) is 2.72. The van der Waals surface area contributed by atoms with E-state index < -0.39 is 0 Å². The predicted molar refractivity (Wildman–Crippen MR) is 65.7 cm³/mol. The fourth-order valence-corrected chi connectivity index (χ4v) is 2.03. The zero-order valence-electron chi connectivity index (χ0n) is 9.94. The highest BCUT2D eigenvalue weighted by Crippen LogP contribution is 2.27. The minimum Gasteiger partial charge on any atom is -0.311 e. The summed E-state index contributed by atoms with van der Waals surface area (Å²) in [4.78, 5) is 16.0. The van der Waals surface area contributed by atoms with E-state index in [9.17, 15) is 4.79 Å². The Balaban J connectivity index is 2.10. The van der Waals surface area contributed by atoms with E-state index >= 15 is 0 Å². The lowest BCUT2D eigenvalue weighted by Gasteiger charge is -2.21. The maximum absolute atomic E-state index is 12.1. The Morgan fingerprint density at radius 2 is 2.19 bits per heavy atom. The van der Waals surface area contributed by atoms with E-state index in [0.717, 1.165) is 25.2 Å². The number of carbonyl (C=O) groups is 1. The van der Waals surface area contributed by atoms with Crippen molar-refractivity contribution in [2.75, 3.05) is 31.6 Å². The van der Waals surface area contributed by atoms with Gasteiger partial charge in [0.1, 0.15) is 0 Å². The van der Waals surface area contributed by atoms with E-state index in [1.807, 2.05) is 35.0 Å². The third-order valence-corrected chi connectivity index (χ3v) is 3.13. The van der Waals surface area contributed by atoms with Crippen molar-refractivity contribution in [3.63, 3.8) is 0 Å². The smallest absolute Gasteiger partial charge is 0.241 e. The summed E-state index contributed by atoms with van der Waals surface area (Å²) in [5.74, 6) is 0.203. The Kier molecular flexibility index (Phi) is 3.25. The van der Waals surface area contributed by atoms with Gasteiger partial charge in [-0.15, -0.1) is 0 Å². The molecule has 0 radical (unpaired) electrons. The molecule has 0 aliphatic carbocycles. The van der Waals surface area contributed by atoms with Crippen LogP contribution in [0.3, 0.4) is 0 Å². The highest BCUT2D eigenvalue weighted by atomic mass is 16.2. The van der Waals surface area contributed by atoms with Gasteiger partial charge in [-0.1, -0.05) is 25.1 Å². The second-order valence-electron chi connectivity index (χ2n) is 4.25. The summed E-state index contributed by atoms with van der Waals surface area (Å²) in [5.41, 5.74) is 2.38. The first-order valence-corrected chi connectivity index (χ1v) is 5.79. The largest absolute Gasteiger partial charge is 0.311 e. The molecule has 2 rings (SSSR count). The van der Waals surface area contributed by atoms with Crippen molar-refractivity contribution in [3.05, 3.63) is 29.8 Å². The third-order valence-electron chi connectivity index (χ3n) is 3.13. The van der Waals surface area contributed by atoms with Crippen molar-refractivity contribution in [2.45, 2.75) is 13.3 Å². The van der Waals surface area contributed by atoms with Crippen LogP contribution >= 0.6 is 0 Å². The molecule has 1 aromatic rings. The molecule has 16 heavy (non-hydrogen) atoms. The molecule has 0 atom stereocenters. The molecule has 1 aromatic carbocycles. The number of hydrogen-bond donors (Lipinski definition) is 0. The van der Waals surface area contributed by atoms with Crippen LogP contribution in [-0.4, -0.2) is 37.5 Å². The van der Waals surface area contributed by atoms with Gasteiger partial charge in [-0.3, -0.25) is 9.69 Å². The fraction of sp³-hybridized carbons (Fsp3) is 0.462. The molecule has 1 aliphatic rings. The summed E-state index contributed by atoms with van der Waals surface area (Å²) in [6.07, 6.45) is 0.984. The van der Waals surface area contributed by atoms with Gasteiger partial charge in [-0.25, -0.2) is 0 Å². The van der Waals surface area contributed by atoms with Crippen molar-refractivity contribution < 1.29 is 4.79 Å². The van der Waals surface area contributed by atoms with Crippen molar-refractivity contribution in [1.82, 2.24) is 4.90 Å². The Morgan fingerprint density at radius 3 is 2.94 bits per heavy atom. The monoisotopic (exact) mass is 218 g/mol. The normalized spacial score (nSPS) is 14.3. The highest BCUT2D eigenvalue weighted by Gasteiger charge is 2.24. The van der Waals surface area contributed by atoms with Gasteiger partial charge < -0.3 is 4.90 Å². The van der Waals surface area contributed by atoms with Gasteiger partial charge in [0, 0.05) is 12.2 Å². The van der Waals surface area contributed by atoms with Crippen molar-refractivity contribution in [3.8, 4) is 0 Å². The lowest BCUT2D eigenvalue weighted by atomic mass is 10.2. The van der Waals surface area contributed by atoms with Gasteiger partial charge in [0.25, 0.3) is 0 Å². The summed E-state index contributed by atoms with van der Waals surface area (Å²) >= 11 is 0. The zero-order chi connectivity index (χ0) is 11.5. The van der Waals surface area contributed by atoms with Gasteiger partial charge in [0.15, 0.2) is 0 Å². The number of benzene rings is 1. The SMILES string of the molecule is CCN(C)CC(=O)N1CCc2ccccc21. The molecule has 0 saturated heterocycles. The van der Waals surface area contributed by atoms with Crippen LogP contribution in [0.5, 0.6) is 0 Å². The zero-order valence-corrected chi connectivity index (χ0v) is 9.94. The molecule has 0 unspecified atom stereocenters. The van der Waals surface area contributed by atoms with E-state index in [-0.39, 0.29) is 5.91 Å². The van der Waals surface area contributed by atoms with Crippen LogP contribution in [0.25, 0.3) is 0 Å².